The zero-order valence-corrected chi connectivity index (χ0v) is 9.73. The van der Waals surface area contributed by atoms with E-state index in [1.54, 1.807) is 26.2 Å². The molecule has 0 fully saturated rings. The minimum atomic E-state index is -0.774. The van der Waals surface area contributed by atoms with E-state index in [0.717, 1.165) is 13.0 Å². The summed E-state index contributed by atoms with van der Waals surface area (Å²) in [6, 6.07) is 3.92. The number of hydrogen-bond acceptors (Lipinski definition) is 3. The maximum absolute atomic E-state index is 10.8. The lowest BCUT2D eigenvalue weighted by Crippen LogP contribution is -2.36. The molecule has 0 saturated heterocycles. The topological polar surface area (TPSA) is 62.2 Å². The van der Waals surface area contributed by atoms with Crippen molar-refractivity contribution < 1.29 is 9.90 Å². The van der Waals surface area contributed by atoms with Crippen molar-refractivity contribution in [3.8, 4) is 0 Å². The van der Waals surface area contributed by atoms with Crippen molar-refractivity contribution in [2.75, 3.05) is 13.1 Å². The van der Waals surface area contributed by atoms with E-state index in [1.165, 1.54) is 5.56 Å². The SMILES string of the molecule is CC(C)(CNCCc1ccncc1)C(=O)O. The monoisotopic (exact) mass is 222 g/mol. The molecule has 4 heteroatoms. The molecule has 0 radical (unpaired) electrons. The fraction of sp³-hybridized carbons (Fsp3) is 0.500. The molecule has 1 heterocycles. The van der Waals surface area contributed by atoms with Gasteiger partial charge in [-0.1, -0.05) is 0 Å². The summed E-state index contributed by atoms with van der Waals surface area (Å²) in [6.07, 6.45) is 4.41. The summed E-state index contributed by atoms with van der Waals surface area (Å²) >= 11 is 0. The molecule has 4 nitrogen and oxygen atoms in total. The molecule has 1 rings (SSSR count). The van der Waals surface area contributed by atoms with Crippen molar-refractivity contribution >= 4 is 5.97 Å². The van der Waals surface area contributed by atoms with Crippen molar-refractivity contribution in [1.82, 2.24) is 10.3 Å². The number of carboxylic acid groups (broad SMARTS) is 1. The van der Waals surface area contributed by atoms with Gasteiger partial charge >= 0.3 is 5.97 Å². The van der Waals surface area contributed by atoms with E-state index < -0.39 is 11.4 Å². The predicted octanol–water partition coefficient (Wildman–Crippen LogP) is 1.32. The van der Waals surface area contributed by atoms with Crippen molar-refractivity contribution in [3.63, 3.8) is 0 Å². The molecule has 0 aromatic carbocycles. The van der Waals surface area contributed by atoms with E-state index in [0.29, 0.717) is 6.54 Å². The minimum Gasteiger partial charge on any atom is -0.481 e. The summed E-state index contributed by atoms with van der Waals surface area (Å²) in [5.41, 5.74) is 0.494. The van der Waals surface area contributed by atoms with Gasteiger partial charge in [0.05, 0.1) is 5.41 Å². The minimum absolute atomic E-state index is 0.480. The normalized spacial score (nSPS) is 11.4. The highest BCUT2D eigenvalue weighted by Gasteiger charge is 2.26. The Labute approximate surface area is 95.7 Å². The average molecular weight is 222 g/mol. The fourth-order valence-electron chi connectivity index (χ4n) is 1.26. The number of hydrogen-bond donors (Lipinski definition) is 2. The molecule has 0 spiro atoms. The number of rotatable bonds is 6. The predicted molar refractivity (Wildman–Crippen MR) is 62.2 cm³/mol. The summed E-state index contributed by atoms with van der Waals surface area (Å²) in [4.78, 5) is 14.8. The van der Waals surface area contributed by atoms with Crippen LogP contribution in [0.5, 0.6) is 0 Å². The highest BCUT2D eigenvalue weighted by atomic mass is 16.4. The second kappa shape index (κ2) is 5.61. The average Bonchev–Trinajstić information content (AvgIpc) is 2.26. The highest BCUT2D eigenvalue weighted by molar-refractivity contribution is 5.73. The van der Waals surface area contributed by atoms with Gasteiger partial charge in [-0.05, 0) is 44.5 Å². The Morgan fingerprint density at radius 2 is 2.06 bits per heavy atom. The zero-order valence-electron chi connectivity index (χ0n) is 9.73. The highest BCUT2D eigenvalue weighted by Crippen LogP contribution is 2.12. The molecule has 2 N–H and O–H groups in total. The third-order valence-electron chi connectivity index (χ3n) is 2.49. The summed E-state index contributed by atoms with van der Waals surface area (Å²) in [5.74, 6) is -0.774. The van der Waals surface area contributed by atoms with Gasteiger partial charge in [-0.15, -0.1) is 0 Å². The van der Waals surface area contributed by atoms with Crippen molar-refractivity contribution in [3.05, 3.63) is 30.1 Å². The van der Waals surface area contributed by atoms with Gasteiger partial charge < -0.3 is 10.4 Å². The number of aromatic nitrogens is 1. The molecular weight excluding hydrogens is 204 g/mol. The molecule has 0 bridgehead atoms. The van der Waals surface area contributed by atoms with Crippen molar-refractivity contribution in [1.29, 1.82) is 0 Å². The van der Waals surface area contributed by atoms with E-state index in [4.69, 9.17) is 5.11 Å². The van der Waals surface area contributed by atoms with Crippen LogP contribution in [0.2, 0.25) is 0 Å². The molecule has 0 aliphatic rings. The number of carboxylic acids is 1. The van der Waals surface area contributed by atoms with Crippen LogP contribution in [0.3, 0.4) is 0 Å². The molecular formula is C12H18N2O2. The Morgan fingerprint density at radius 3 is 2.62 bits per heavy atom. The number of nitrogens with zero attached hydrogens (tertiary/aromatic N) is 1. The first-order chi connectivity index (χ1) is 7.52. The molecule has 1 aromatic heterocycles. The van der Waals surface area contributed by atoms with Crippen LogP contribution in [0.15, 0.2) is 24.5 Å². The molecule has 0 unspecified atom stereocenters. The number of carbonyl (C=O) groups is 1. The Bertz CT molecular complexity index is 336. The lowest BCUT2D eigenvalue weighted by atomic mass is 9.94. The third kappa shape index (κ3) is 3.98. The number of pyridine rings is 1. The van der Waals surface area contributed by atoms with Gasteiger partial charge in [-0.2, -0.15) is 0 Å². The molecule has 88 valence electrons. The molecule has 0 aliphatic carbocycles. The van der Waals surface area contributed by atoms with Gasteiger partial charge in [0.15, 0.2) is 0 Å². The molecule has 16 heavy (non-hydrogen) atoms. The van der Waals surface area contributed by atoms with Gasteiger partial charge in [0.1, 0.15) is 0 Å². The van der Waals surface area contributed by atoms with Crippen LogP contribution in [0.25, 0.3) is 0 Å². The van der Waals surface area contributed by atoms with Crippen LogP contribution in [0.1, 0.15) is 19.4 Å². The maximum Gasteiger partial charge on any atom is 0.310 e. The standard InChI is InChI=1S/C12H18N2O2/c1-12(2,11(15)16)9-14-8-5-10-3-6-13-7-4-10/h3-4,6-7,14H,5,8-9H2,1-2H3,(H,15,16). The van der Waals surface area contributed by atoms with Crippen LogP contribution < -0.4 is 5.32 Å². The summed E-state index contributed by atoms with van der Waals surface area (Å²) in [5, 5.41) is 12.1. The number of nitrogens with one attached hydrogen (secondary N) is 1. The van der Waals surface area contributed by atoms with Crippen LogP contribution in [-0.4, -0.2) is 29.1 Å². The Balaban J connectivity index is 2.25. The van der Waals surface area contributed by atoms with E-state index in [-0.39, 0.29) is 0 Å². The van der Waals surface area contributed by atoms with Gasteiger partial charge in [0.25, 0.3) is 0 Å². The van der Waals surface area contributed by atoms with E-state index >= 15 is 0 Å². The summed E-state index contributed by atoms with van der Waals surface area (Å²) in [7, 11) is 0. The van der Waals surface area contributed by atoms with Crippen LogP contribution in [-0.2, 0) is 11.2 Å². The fourth-order valence-corrected chi connectivity index (χ4v) is 1.26. The third-order valence-corrected chi connectivity index (χ3v) is 2.49. The molecule has 0 atom stereocenters. The maximum atomic E-state index is 10.8. The van der Waals surface area contributed by atoms with Crippen molar-refractivity contribution in [2.45, 2.75) is 20.3 Å². The molecule has 0 aliphatic heterocycles. The first-order valence-corrected chi connectivity index (χ1v) is 5.35. The second-order valence-corrected chi connectivity index (χ2v) is 4.47. The number of aliphatic carboxylic acids is 1. The smallest absolute Gasteiger partial charge is 0.310 e. The first-order valence-electron chi connectivity index (χ1n) is 5.35. The summed E-state index contributed by atoms with van der Waals surface area (Å²) in [6.45, 7) is 4.69. The molecule has 1 aromatic rings. The van der Waals surface area contributed by atoms with Gasteiger partial charge in [0, 0.05) is 18.9 Å². The van der Waals surface area contributed by atoms with E-state index in [2.05, 4.69) is 10.3 Å². The van der Waals surface area contributed by atoms with Gasteiger partial charge in [-0.25, -0.2) is 0 Å². The molecule has 0 amide bonds. The zero-order chi connectivity index (χ0) is 12.0. The van der Waals surface area contributed by atoms with Gasteiger partial charge in [-0.3, -0.25) is 9.78 Å². The Morgan fingerprint density at radius 1 is 1.44 bits per heavy atom. The molecule has 0 saturated carbocycles. The van der Waals surface area contributed by atoms with E-state index in [9.17, 15) is 4.79 Å². The second-order valence-electron chi connectivity index (χ2n) is 4.47. The summed E-state index contributed by atoms with van der Waals surface area (Å²) < 4.78 is 0. The largest absolute Gasteiger partial charge is 0.481 e. The van der Waals surface area contributed by atoms with Gasteiger partial charge in [0.2, 0.25) is 0 Å². The first kappa shape index (κ1) is 12.6. The van der Waals surface area contributed by atoms with E-state index in [1.807, 2.05) is 12.1 Å². The van der Waals surface area contributed by atoms with Crippen LogP contribution in [0.4, 0.5) is 0 Å². The van der Waals surface area contributed by atoms with Crippen molar-refractivity contribution in [2.24, 2.45) is 5.41 Å². The van der Waals surface area contributed by atoms with Crippen LogP contribution in [0, 0.1) is 5.41 Å². The lowest BCUT2D eigenvalue weighted by molar-refractivity contribution is -0.146. The Hall–Kier alpha value is -1.42. The lowest BCUT2D eigenvalue weighted by Gasteiger charge is -2.19. The van der Waals surface area contributed by atoms with Crippen LogP contribution >= 0.6 is 0 Å². The Kier molecular flexibility index (Phi) is 4.43. The quantitative estimate of drug-likeness (QED) is 0.713.